The average molecular weight is 388 g/mol. The fourth-order valence-electron chi connectivity index (χ4n) is 3.65. The number of carbonyl (C=O) groups is 1. The summed E-state index contributed by atoms with van der Waals surface area (Å²) in [6.45, 7) is 0.280. The fourth-order valence-corrected chi connectivity index (χ4v) is 3.65. The van der Waals surface area contributed by atoms with Crippen molar-refractivity contribution in [3.05, 3.63) is 47.5 Å². The largest absolute Gasteiger partial charge is 0.504 e. The first-order chi connectivity index (χ1) is 13.5. The van der Waals surface area contributed by atoms with Gasteiger partial charge in [-0.05, 0) is 41.8 Å². The molecule has 7 heteroatoms. The standard InChI is InChI=1S/C21H24O7/c1-25-17-9-12(4-6-15(17)22)8-14-11-28-21(24)19(14)20(27-3)13-5-7-16(23)18(10-13)26-2/h4-7,9-10,14,19-20,22-23H,8,11H2,1-3H3/t14-,19+,20-/m0/s1. The van der Waals surface area contributed by atoms with Crippen molar-refractivity contribution in [2.75, 3.05) is 27.9 Å². The number of methoxy groups -OCH3 is 3. The second-order valence-electron chi connectivity index (χ2n) is 6.71. The molecule has 1 aliphatic heterocycles. The molecule has 1 aliphatic rings. The third-order valence-electron chi connectivity index (χ3n) is 5.07. The Hall–Kier alpha value is -2.93. The minimum Gasteiger partial charge on any atom is -0.504 e. The van der Waals surface area contributed by atoms with E-state index in [2.05, 4.69) is 0 Å². The van der Waals surface area contributed by atoms with E-state index in [1.54, 1.807) is 30.3 Å². The van der Waals surface area contributed by atoms with E-state index in [-0.39, 0.29) is 30.0 Å². The Morgan fingerprint density at radius 3 is 2.32 bits per heavy atom. The molecular weight excluding hydrogens is 364 g/mol. The predicted octanol–water partition coefficient (Wildman–Crippen LogP) is 2.83. The van der Waals surface area contributed by atoms with Crippen LogP contribution in [-0.4, -0.2) is 44.1 Å². The molecule has 1 saturated heterocycles. The van der Waals surface area contributed by atoms with Gasteiger partial charge in [0.15, 0.2) is 23.0 Å². The first-order valence-corrected chi connectivity index (χ1v) is 8.90. The Balaban J connectivity index is 1.88. The van der Waals surface area contributed by atoms with Gasteiger partial charge in [0.25, 0.3) is 0 Å². The van der Waals surface area contributed by atoms with Gasteiger partial charge in [-0.25, -0.2) is 0 Å². The highest BCUT2D eigenvalue weighted by molar-refractivity contribution is 5.76. The van der Waals surface area contributed by atoms with Crippen LogP contribution >= 0.6 is 0 Å². The number of hydrogen-bond donors (Lipinski definition) is 2. The van der Waals surface area contributed by atoms with Gasteiger partial charge in [-0.1, -0.05) is 12.1 Å². The maximum absolute atomic E-state index is 12.5. The van der Waals surface area contributed by atoms with Crippen molar-refractivity contribution in [1.82, 2.24) is 0 Å². The van der Waals surface area contributed by atoms with Gasteiger partial charge in [0.05, 0.1) is 32.8 Å². The van der Waals surface area contributed by atoms with Crippen LogP contribution in [0.3, 0.4) is 0 Å². The summed E-state index contributed by atoms with van der Waals surface area (Å²) in [7, 11) is 4.49. The molecule has 1 fully saturated rings. The van der Waals surface area contributed by atoms with Gasteiger partial charge in [-0.2, -0.15) is 0 Å². The lowest BCUT2D eigenvalue weighted by atomic mass is 9.82. The molecule has 28 heavy (non-hydrogen) atoms. The summed E-state index contributed by atoms with van der Waals surface area (Å²) in [5.74, 6) is -0.188. The maximum Gasteiger partial charge on any atom is 0.312 e. The van der Waals surface area contributed by atoms with E-state index in [1.165, 1.54) is 27.4 Å². The Morgan fingerprint density at radius 2 is 1.68 bits per heavy atom. The lowest BCUT2D eigenvalue weighted by molar-refractivity contribution is -0.145. The Bertz CT molecular complexity index is 849. The van der Waals surface area contributed by atoms with E-state index in [9.17, 15) is 15.0 Å². The summed E-state index contributed by atoms with van der Waals surface area (Å²) in [5, 5.41) is 19.6. The summed E-state index contributed by atoms with van der Waals surface area (Å²) < 4.78 is 21.3. The monoisotopic (exact) mass is 388 g/mol. The summed E-state index contributed by atoms with van der Waals surface area (Å²) in [5.41, 5.74) is 1.63. The van der Waals surface area contributed by atoms with Crippen molar-refractivity contribution in [2.24, 2.45) is 11.8 Å². The molecule has 0 aliphatic carbocycles. The zero-order valence-corrected chi connectivity index (χ0v) is 16.0. The number of hydrogen-bond acceptors (Lipinski definition) is 7. The third-order valence-corrected chi connectivity index (χ3v) is 5.07. The van der Waals surface area contributed by atoms with E-state index in [4.69, 9.17) is 18.9 Å². The number of cyclic esters (lactones) is 1. The summed E-state index contributed by atoms with van der Waals surface area (Å²) in [4.78, 5) is 12.5. The van der Waals surface area contributed by atoms with Crippen molar-refractivity contribution < 1.29 is 34.0 Å². The quantitative estimate of drug-likeness (QED) is 0.704. The lowest BCUT2D eigenvalue weighted by Crippen LogP contribution is -2.26. The normalized spacial score (nSPS) is 19.9. The molecule has 0 saturated carbocycles. The molecule has 0 amide bonds. The second kappa shape index (κ2) is 8.39. The number of carbonyl (C=O) groups excluding carboxylic acids is 1. The van der Waals surface area contributed by atoms with Crippen molar-refractivity contribution in [3.8, 4) is 23.0 Å². The first-order valence-electron chi connectivity index (χ1n) is 8.90. The van der Waals surface area contributed by atoms with Gasteiger partial charge in [-0.3, -0.25) is 4.79 Å². The van der Waals surface area contributed by atoms with Crippen molar-refractivity contribution >= 4 is 5.97 Å². The number of rotatable bonds is 7. The fraction of sp³-hybridized carbons (Fsp3) is 0.381. The van der Waals surface area contributed by atoms with Crippen LogP contribution in [0.25, 0.3) is 0 Å². The Kier molecular flexibility index (Phi) is 5.94. The molecule has 150 valence electrons. The zero-order chi connectivity index (χ0) is 20.3. The average Bonchev–Trinajstić information content (AvgIpc) is 3.05. The first kappa shape index (κ1) is 19.8. The third kappa shape index (κ3) is 3.84. The predicted molar refractivity (Wildman–Crippen MR) is 101 cm³/mol. The molecule has 3 rings (SSSR count). The summed E-state index contributed by atoms with van der Waals surface area (Å²) in [6, 6.07) is 10.00. The van der Waals surface area contributed by atoms with Crippen LogP contribution in [0.15, 0.2) is 36.4 Å². The topological polar surface area (TPSA) is 94.5 Å². The number of aromatic hydroxyl groups is 2. The molecule has 7 nitrogen and oxygen atoms in total. The smallest absolute Gasteiger partial charge is 0.312 e. The van der Waals surface area contributed by atoms with Crippen LogP contribution < -0.4 is 9.47 Å². The number of benzene rings is 2. The SMILES string of the molecule is COc1cc(C[C@H]2COC(=O)[C@H]2[C@@H](OC)c2ccc(O)c(OC)c2)ccc1O. The van der Waals surface area contributed by atoms with Crippen molar-refractivity contribution in [3.63, 3.8) is 0 Å². The maximum atomic E-state index is 12.5. The Labute approximate surface area is 163 Å². The van der Waals surface area contributed by atoms with Gasteiger partial charge >= 0.3 is 5.97 Å². The minimum atomic E-state index is -0.548. The molecule has 3 atom stereocenters. The summed E-state index contributed by atoms with van der Waals surface area (Å²) >= 11 is 0. The van der Waals surface area contributed by atoms with E-state index in [0.717, 1.165) is 5.56 Å². The van der Waals surface area contributed by atoms with Crippen LogP contribution in [0.5, 0.6) is 23.0 Å². The highest BCUT2D eigenvalue weighted by Gasteiger charge is 2.43. The Morgan fingerprint density at radius 1 is 1.04 bits per heavy atom. The van der Waals surface area contributed by atoms with E-state index >= 15 is 0 Å². The van der Waals surface area contributed by atoms with Crippen molar-refractivity contribution in [1.29, 1.82) is 0 Å². The highest BCUT2D eigenvalue weighted by atomic mass is 16.5. The zero-order valence-electron chi connectivity index (χ0n) is 16.0. The molecule has 1 heterocycles. The van der Waals surface area contributed by atoms with Crippen molar-refractivity contribution in [2.45, 2.75) is 12.5 Å². The number of esters is 1. The lowest BCUT2D eigenvalue weighted by Gasteiger charge is -2.25. The van der Waals surface area contributed by atoms with Gasteiger partial charge < -0.3 is 29.2 Å². The summed E-state index contributed by atoms with van der Waals surface area (Å²) in [6.07, 6.45) is 0.00999. The molecule has 2 N–H and O–H groups in total. The van der Waals surface area contributed by atoms with E-state index in [1.807, 2.05) is 0 Å². The molecule has 2 aromatic rings. The van der Waals surface area contributed by atoms with E-state index < -0.39 is 12.0 Å². The molecule has 0 bridgehead atoms. The number of phenols is 2. The van der Waals surface area contributed by atoms with Gasteiger partial charge in [0.1, 0.15) is 0 Å². The van der Waals surface area contributed by atoms with Crippen LogP contribution in [0, 0.1) is 11.8 Å². The van der Waals surface area contributed by atoms with Gasteiger partial charge in [-0.15, -0.1) is 0 Å². The molecule has 0 unspecified atom stereocenters. The molecule has 0 radical (unpaired) electrons. The van der Waals surface area contributed by atoms with Gasteiger partial charge in [0, 0.05) is 13.0 Å². The number of ether oxygens (including phenoxy) is 4. The molecule has 0 spiro atoms. The molecule has 0 aromatic heterocycles. The highest BCUT2D eigenvalue weighted by Crippen LogP contribution is 2.40. The second-order valence-corrected chi connectivity index (χ2v) is 6.71. The van der Waals surface area contributed by atoms with E-state index in [0.29, 0.717) is 23.5 Å². The molecule has 2 aromatic carbocycles. The molecular formula is C21H24O7. The minimum absolute atomic E-state index is 0.0165. The number of phenolic OH excluding ortho intramolecular Hbond substituents is 2. The van der Waals surface area contributed by atoms with Gasteiger partial charge in [0.2, 0.25) is 0 Å². The van der Waals surface area contributed by atoms with Crippen LogP contribution in [0.1, 0.15) is 17.2 Å². The van der Waals surface area contributed by atoms with Crippen LogP contribution in [0.2, 0.25) is 0 Å². The van der Waals surface area contributed by atoms with Crippen LogP contribution in [-0.2, 0) is 20.7 Å². The van der Waals surface area contributed by atoms with Crippen LogP contribution in [0.4, 0.5) is 0 Å².